The first kappa shape index (κ1) is 14.8. The van der Waals surface area contributed by atoms with E-state index in [-0.39, 0.29) is 5.78 Å². The molecule has 0 saturated carbocycles. The van der Waals surface area contributed by atoms with Gasteiger partial charge in [0, 0.05) is 12.0 Å². The molecule has 4 nitrogen and oxygen atoms in total. The monoisotopic (exact) mass is 289 g/mol. The Labute approximate surface area is 123 Å². The average molecular weight is 289 g/mol. The van der Waals surface area contributed by atoms with Crippen molar-refractivity contribution in [1.29, 1.82) is 0 Å². The Balaban J connectivity index is 1.99. The minimum atomic E-state index is 0.123. The Hall–Kier alpha value is -1.62. The van der Waals surface area contributed by atoms with Gasteiger partial charge in [0.25, 0.3) is 0 Å². The topological polar surface area (TPSA) is 58.6 Å². The molecule has 0 spiro atoms. The molecule has 0 saturated heterocycles. The van der Waals surface area contributed by atoms with Crippen LogP contribution < -0.4 is 0 Å². The quantitative estimate of drug-likeness (QED) is 0.654. The summed E-state index contributed by atoms with van der Waals surface area (Å²) in [5.74, 6) is 1.38. The van der Waals surface area contributed by atoms with Crippen molar-refractivity contribution in [3.63, 3.8) is 0 Å². The van der Waals surface area contributed by atoms with E-state index in [1.807, 2.05) is 32.0 Å². The second kappa shape index (κ2) is 6.70. The molecule has 2 aromatic rings. The fourth-order valence-electron chi connectivity index (χ4n) is 1.94. The van der Waals surface area contributed by atoms with E-state index < -0.39 is 0 Å². The maximum Gasteiger partial charge on any atom is 0.208 e. The third-order valence-corrected chi connectivity index (χ3v) is 3.87. The van der Waals surface area contributed by atoms with Crippen molar-refractivity contribution in [3.05, 3.63) is 40.7 Å². The Morgan fingerprint density at radius 3 is 2.90 bits per heavy atom. The normalized spacial score (nSPS) is 10.8. The first-order valence-corrected chi connectivity index (χ1v) is 7.73. The highest BCUT2D eigenvalue weighted by Crippen LogP contribution is 2.18. The number of hydrogen-bond acceptors (Lipinski definition) is 4. The number of nitrogens with zero attached hydrogens (tertiary/aromatic N) is 2. The van der Waals surface area contributed by atoms with Gasteiger partial charge >= 0.3 is 0 Å². The van der Waals surface area contributed by atoms with Crippen molar-refractivity contribution >= 4 is 17.5 Å². The van der Waals surface area contributed by atoms with Gasteiger partial charge in [-0.1, -0.05) is 36.4 Å². The number of hydrogen-bond donors (Lipinski definition) is 1. The van der Waals surface area contributed by atoms with Crippen LogP contribution in [0.3, 0.4) is 0 Å². The van der Waals surface area contributed by atoms with Crippen LogP contribution in [-0.2, 0) is 6.42 Å². The van der Waals surface area contributed by atoms with Gasteiger partial charge in [0.05, 0.1) is 5.75 Å². The Bertz CT molecular complexity index is 607. The van der Waals surface area contributed by atoms with Crippen LogP contribution in [-0.4, -0.2) is 26.7 Å². The van der Waals surface area contributed by atoms with Gasteiger partial charge in [-0.15, -0.1) is 5.10 Å². The molecule has 0 amide bonds. The maximum absolute atomic E-state index is 12.2. The van der Waals surface area contributed by atoms with Crippen LogP contribution in [0.2, 0.25) is 0 Å². The molecule has 20 heavy (non-hydrogen) atoms. The molecule has 2 rings (SSSR count). The van der Waals surface area contributed by atoms with E-state index >= 15 is 0 Å². The molecule has 1 aromatic carbocycles. The van der Waals surface area contributed by atoms with Crippen LogP contribution in [0.25, 0.3) is 0 Å². The number of ketones is 1. The molecule has 0 fully saturated rings. The van der Waals surface area contributed by atoms with Crippen molar-refractivity contribution in [1.82, 2.24) is 15.2 Å². The summed E-state index contributed by atoms with van der Waals surface area (Å²) in [5, 5.41) is 7.66. The molecule has 0 aliphatic rings. The van der Waals surface area contributed by atoms with Gasteiger partial charge < -0.3 is 0 Å². The molecule has 0 bridgehead atoms. The van der Waals surface area contributed by atoms with E-state index in [9.17, 15) is 4.79 Å². The Kier molecular flexibility index (Phi) is 4.95. The number of benzene rings is 1. The molecular formula is C15H19N3OS. The number of nitrogens with one attached hydrogen (secondary N) is 1. The van der Waals surface area contributed by atoms with Crippen LogP contribution >= 0.6 is 11.8 Å². The first-order valence-electron chi connectivity index (χ1n) is 6.74. The van der Waals surface area contributed by atoms with Gasteiger partial charge in [0.2, 0.25) is 5.16 Å². The SMILES string of the molecule is CCCc1nc(SCC(=O)c2cc(C)ccc2C)n[nH]1. The third-order valence-electron chi connectivity index (χ3n) is 3.02. The lowest BCUT2D eigenvalue weighted by atomic mass is 10.0. The Morgan fingerprint density at radius 2 is 2.15 bits per heavy atom. The molecule has 106 valence electrons. The summed E-state index contributed by atoms with van der Waals surface area (Å²) in [5.41, 5.74) is 2.91. The maximum atomic E-state index is 12.2. The second-order valence-electron chi connectivity index (χ2n) is 4.84. The number of thioether (sulfide) groups is 1. The molecule has 0 aliphatic carbocycles. The van der Waals surface area contributed by atoms with E-state index in [0.29, 0.717) is 10.9 Å². The average Bonchev–Trinajstić information content (AvgIpc) is 2.87. The van der Waals surface area contributed by atoms with Gasteiger partial charge in [-0.3, -0.25) is 9.89 Å². The van der Waals surface area contributed by atoms with Crippen LogP contribution in [0, 0.1) is 13.8 Å². The van der Waals surface area contributed by atoms with E-state index in [4.69, 9.17) is 0 Å². The van der Waals surface area contributed by atoms with Crippen LogP contribution in [0.15, 0.2) is 23.4 Å². The molecule has 0 aliphatic heterocycles. The number of aromatic amines is 1. The number of rotatable bonds is 6. The van der Waals surface area contributed by atoms with Gasteiger partial charge in [-0.25, -0.2) is 4.98 Å². The van der Waals surface area contributed by atoms with Gasteiger partial charge in [0.1, 0.15) is 5.82 Å². The van der Waals surface area contributed by atoms with Crippen molar-refractivity contribution in [2.24, 2.45) is 0 Å². The Morgan fingerprint density at radius 1 is 1.35 bits per heavy atom. The summed E-state index contributed by atoms with van der Waals surface area (Å²) in [6, 6.07) is 5.95. The van der Waals surface area contributed by atoms with Crippen LogP contribution in [0.4, 0.5) is 0 Å². The molecule has 0 radical (unpaired) electrons. The highest BCUT2D eigenvalue weighted by atomic mass is 32.2. The summed E-state index contributed by atoms with van der Waals surface area (Å²) >= 11 is 1.38. The van der Waals surface area contributed by atoms with Crippen molar-refractivity contribution in [2.45, 2.75) is 38.8 Å². The van der Waals surface area contributed by atoms with Crippen molar-refractivity contribution in [3.8, 4) is 0 Å². The van der Waals surface area contributed by atoms with Crippen LogP contribution in [0.5, 0.6) is 0 Å². The van der Waals surface area contributed by atoms with Crippen LogP contribution in [0.1, 0.15) is 40.7 Å². The molecule has 1 aromatic heterocycles. The fraction of sp³-hybridized carbons (Fsp3) is 0.400. The minimum Gasteiger partial charge on any atom is -0.293 e. The smallest absolute Gasteiger partial charge is 0.208 e. The fourth-order valence-corrected chi connectivity index (χ4v) is 2.64. The van der Waals surface area contributed by atoms with E-state index in [1.54, 1.807) is 0 Å². The van der Waals surface area contributed by atoms with Gasteiger partial charge in [-0.05, 0) is 31.9 Å². The molecule has 5 heteroatoms. The van der Waals surface area contributed by atoms with E-state index in [0.717, 1.165) is 35.4 Å². The zero-order valence-electron chi connectivity index (χ0n) is 12.1. The summed E-state index contributed by atoms with van der Waals surface area (Å²) in [4.78, 5) is 16.6. The number of H-pyrrole nitrogens is 1. The highest BCUT2D eigenvalue weighted by molar-refractivity contribution is 7.99. The number of aryl methyl sites for hydroxylation is 3. The summed E-state index contributed by atoms with van der Waals surface area (Å²) in [6.07, 6.45) is 1.92. The molecule has 1 heterocycles. The summed E-state index contributed by atoms with van der Waals surface area (Å²) in [7, 11) is 0. The van der Waals surface area contributed by atoms with E-state index in [2.05, 4.69) is 22.1 Å². The summed E-state index contributed by atoms with van der Waals surface area (Å²) < 4.78 is 0. The zero-order chi connectivity index (χ0) is 14.5. The van der Waals surface area contributed by atoms with Gasteiger partial charge in [-0.2, -0.15) is 0 Å². The number of aromatic nitrogens is 3. The molecular weight excluding hydrogens is 270 g/mol. The van der Waals surface area contributed by atoms with Crippen molar-refractivity contribution < 1.29 is 4.79 Å². The second-order valence-corrected chi connectivity index (χ2v) is 5.79. The molecule has 1 N–H and O–H groups in total. The largest absolute Gasteiger partial charge is 0.293 e. The summed E-state index contributed by atoms with van der Waals surface area (Å²) in [6.45, 7) is 6.05. The predicted octanol–water partition coefficient (Wildman–Crippen LogP) is 3.35. The van der Waals surface area contributed by atoms with Crippen molar-refractivity contribution in [2.75, 3.05) is 5.75 Å². The third kappa shape index (κ3) is 3.70. The van der Waals surface area contributed by atoms with Gasteiger partial charge in [0.15, 0.2) is 5.78 Å². The zero-order valence-corrected chi connectivity index (χ0v) is 12.9. The predicted molar refractivity (Wildman–Crippen MR) is 81.3 cm³/mol. The molecule has 0 unspecified atom stereocenters. The van der Waals surface area contributed by atoms with E-state index in [1.165, 1.54) is 11.8 Å². The minimum absolute atomic E-state index is 0.123. The standard InChI is InChI=1S/C15H19N3OS/c1-4-5-14-16-15(18-17-14)20-9-13(19)12-8-10(2)6-7-11(12)3/h6-8H,4-5,9H2,1-3H3,(H,16,17,18). The lowest BCUT2D eigenvalue weighted by Crippen LogP contribution is -2.05. The molecule has 0 atom stereocenters. The highest BCUT2D eigenvalue weighted by Gasteiger charge is 2.12. The lowest BCUT2D eigenvalue weighted by Gasteiger charge is -2.05. The lowest BCUT2D eigenvalue weighted by molar-refractivity contribution is 0.102. The first-order chi connectivity index (χ1) is 9.60. The number of carbonyl (C=O) groups excluding carboxylic acids is 1. The number of carbonyl (C=O) groups is 1. The number of Topliss-reactive ketones (excluding diaryl/α,β-unsaturated/α-hetero) is 1.